The smallest absolute Gasteiger partial charge is 0.462 e. The third-order valence-corrected chi connectivity index (χ3v) is 4.40. The Morgan fingerprint density at radius 2 is 1.77 bits per heavy atom. The van der Waals surface area contributed by atoms with Crippen LogP contribution in [0.3, 0.4) is 0 Å². The summed E-state index contributed by atoms with van der Waals surface area (Å²) in [5, 5.41) is 0.567. The van der Waals surface area contributed by atoms with E-state index in [0.29, 0.717) is 17.1 Å². The van der Waals surface area contributed by atoms with Crippen molar-refractivity contribution in [1.82, 2.24) is 0 Å². The van der Waals surface area contributed by atoms with Crippen LogP contribution in [0.15, 0.2) is 47.4 Å². The summed E-state index contributed by atoms with van der Waals surface area (Å²) in [5.41, 5.74) is 0.217. The van der Waals surface area contributed by atoms with Crippen molar-refractivity contribution < 1.29 is 14.0 Å². The molecule has 3 nitrogen and oxygen atoms in total. The molecule has 0 aromatic heterocycles. The Kier molecular flexibility index (Phi) is 6.54. The van der Waals surface area contributed by atoms with Crippen molar-refractivity contribution in [3.63, 3.8) is 0 Å². The standard InChI is InChI=1S/C17H26BClO3/c1-8-10-15(19)13(3)20-12-14(9-2)11-18-21-16(4,5)17(6,7)22-18/h8-10,12H,2,11H2,1,3-7H3/b10-8-,14-12+,15-13-. The monoisotopic (exact) mass is 324 g/mol. The molecule has 0 aliphatic carbocycles. The molecule has 0 N–H and O–H groups in total. The van der Waals surface area contributed by atoms with Crippen molar-refractivity contribution in [2.45, 2.75) is 59.1 Å². The van der Waals surface area contributed by atoms with E-state index in [2.05, 4.69) is 6.58 Å². The molecule has 1 fully saturated rings. The summed E-state index contributed by atoms with van der Waals surface area (Å²) in [6, 6.07) is 0. The highest BCUT2D eigenvalue weighted by molar-refractivity contribution is 6.46. The van der Waals surface area contributed by atoms with E-state index in [9.17, 15) is 0 Å². The van der Waals surface area contributed by atoms with Crippen LogP contribution >= 0.6 is 11.6 Å². The second-order valence-electron chi connectivity index (χ2n) is 6.31. The average molecular weight is 325 g/mol. The molecule has 22 heavy (non-hydrogen) atoms. The summed E-state index contributed by atoms with van der Waals surface area (Å²) in [6.45, 7) is 15.7. The molecule has 0 radical (unpaired) electrons. The third-order valence-electron chi connectivity index (χ3n) is 4.00. The molecule has 5 heteroatoms. The maximum atomic E-state index is 6.07. The van der Waals surface area contributed by atoms with E-state index in [1.165, 1.54) is 0 Å². The molecular formula is C17H26BClO3. The lowest BCUT2D eigenvalue weighted by molar-refractivity contribution is 0.00578. The van der Waals surface area contributed by atoms with E-state index in [0.717, 1.165) is 5.57 Å². The van der Waals surface area contributed by atoms with Gasteiger partial charge in [-0.05, 0) is 53.2 Å². The fourth-order valence-corrected chi connectivity index (χ4v) is 2.08. The fraction of sp³-hybridized carbons (Fsp3) is 0.529. The van der Waals surface area contributed by atoms with Crippen molar-refractivity contribution >= 4 is 18.7 Å². The Hall–Kier alpha value is -0.965. The van der Waals surface area contributed by atoms with Crippen LogP contribution < -0.4 is 0 Å². The predicted molar refractivity (Wildman–Crippen MR) is 93.6 cm³/mol. The van der Waals surface area contributed by atoms with Crippen LogP contribution in [0.1, 0.15) is 41.5 Å². The number of ether oxygens (including phenoxy) is 1. The Labute approximate surface area is 139 Å². The van der Waals surface area contributed by atoms with Crippen LogP contribution in [-0.2, 0) is 14.0 Å². The summed E-state index contributed by atoms with van der Waals surface area (Å²) in [4.78, 5) is 0. The van der Waals surface area contributed by atoms with Crippen molar-refractivity contribution in [3.8, 4) is 0 Å². The topological polar surface area (TPSA) is 27.7 Å². The number of rotatable bonds is 6. The minimum atomic E-state index is -0.337. The molecule has 1 rings (SSSR count). The van der Waals surface area contributed by atoms with Crippen LogP contribution in [0, 0.1) is 0 Å². The zero-order chi connectivity index (χ0) is 17.0. The molecule has 0 spiro atoms. The first-order valence-corrected chi connectivity index (χ1v) is 7.83. The van der Waals surface area contributed by atoms with Crippen LogP contribution in [0.5, 0.6) is 0 Å². The lowest BCUT2D eigenvalue weighted by Crippen LogP contribution is -2.41. The lowest BCUT2D eigenvalue weighted by Gasteiger charge is -2.32. The number of hydrogen-bond donors (Lipinski definition) is 0. The molecule has 1 aliphatic heterocycles. The van der Waals surface area contributed by atoms with Gasteiger partial charge < -0.3 is 14.0 Å². The number of hydrogen-bond acceptors (Lipinski definition) is 3. The second kappa shape index (κ2) is 7.54. The number of halogens is 1. The zero-order valence-electron chi connectivity index (χ0n) is 14.4. The highest BCUT2D eigenvalue weighted by atomic mass is 35.5. The van der Waals surface area contributed by atoms with Gasteiger partial charge in [0.05, 0.1) is 22.5 Å². The molecule has 0 bridgehead atoms. The molecule has 0 saturated carbocycles. The average Bonchev–Trinajstić information content (AvgIpc) is 2.62. The Balaban J connectivity index is 2.73. The summed E-state index contributed by atoms with van der Waals surface area (Å²) in [5.74, 6) is 0.632. The lowest BCUT2D eigenvalue weighted by atomic mass is 9.81. The molecule has 0 aromatic rings. The maximum absolute atomic E-state index is 6.07. The zero-order valence-corrected chi connectivity index (χ0v) is 15.2. The SMILES string of the molecule is C=C/C(=C\O/C(C)=C(Cl)/C=C\C)CB1OC(C)(C)C(C)(C)O1. The largest absolute Gasteiger partial charge is 0.468 e. The molecule has 0 amide bonds. The van der Waals surface area contributed by atoms with Crippen LogP contribution in [0.25, 0.3) is 0 Å². The van der Waals surface area contributed by atoms with Crippen LogP contribution in [-0.4, -0.2) is 18.3 Å². The Morgan fingerprint density at radius 3 is 2.23 bits per heavy atom. The van der Waals surface area contributed by atoms with Crippen molar-refractivity contribution in [2.24, 2.45) is 0 Å². The molecular weight excluding hydrogens is 298 g/mol. The summed E-state index contributed by atoms with van der Waals surface area (Å²) in [7, 11) is -0.312. The van der Waals surface area contributed by atoms with Crippen LogP contribution in [0.2, 0.25) is 6.32 Å². The van der Waals surface area contributed by atoms with E-state index >= 15 is 0 Å². The molecule has 0 atom stereocenters. The van der Waals surface area contributed by atoms with E-state index in [-0.39, 0.29) is 18.3 Å². The molecule has 122 valence electrons. The van der Waals surface area contributed by atoms with E-state index in [4.69, 9.17) is 25.6 Å². The molecule has 0 aromatic carbocycles. The first-order valence-electron chi connectivity index (χ1n) is 7.46. The highest BCUT2D eigenvalue weighted by Gasteiger charge is 2.50. The van der Waals surface area contributed by atoms with Gasteiger partial charge in [0.1, 0.15) is 5.76 Å². The van der Waals surface area contributed by atoms with Gasteiger partial charge >= 0.3 is 7.12 Å². The van der Waals surface area contributed by atoms with Crippen LogP contribution in [0.4, 0.5) is 0 Å². The van der Waals surface area contributed by atoms with Crippen molar-refractivity contribution in [2.75, 3.05) is 0 Å². The first kappa shape index (κ1) is 19.1. The number of allylic oxidation sites excluding steroid dienone is 6. The molecule has 1 saturated heterocycles. The van der Waals surface area contributed by atoms with Gasteiger partial charge in [-0.25, -0.2) is 0 Å². The third kappa shape index (κ3) is 4.77. The van der Waals surface area contributed by atoms with Gasteiger partial charge in [0.25, 0.3) is 0 Å². The molecule has 1 heterocycles. The van der Waals surface area contributed by atoms with E-state index in [1.54, 1.807) is 18.4 Å². The predicted octanol–water partition coefficient (Wildman–Crippen LogP) is 5.21. The minimum absolute atomic E-state index is 0.312. The van der Waals surface area contributed by atoms with E-state index in [1.807, 2.05) is 47.6 Å². The summed E-state index contributed by atoms with van der Waals surface area (Å²) in [6.07, 6.45) is 7.59. The fourth-order valence-electron chi connectivity index (χ4n) is 1.90. The van der Waals surface area contributed by atoms with Crippen molar-refractivity contribution in [1.29, 1.82) is 0 Å². The second-order valence-corrected chi connectivity index (χ2v) is 6.72. The van der Waals surface area contributed by atoms with Gasteiger partial charge in [-0.2, -0.15) is 0 Å². The summed E-state index contributed by atoms with van der Waals surface area (Å²) >= 11 is 6.07. The minimum Gasteiger partial charge on any atom is -0.468 e. The van der Waals surface area contributed by atoms with Gasteiger partial charge in [0.15, 0.2) is 0 Å². The highest BCUT2D eigenvalue weighted by Crippen LogP contribution is 2.38. The Morgan fingerprint density at radius 1 is 1.23 bits per heavy atom. The Bertz CT molecular complexity index is 488. The van der Waals surface area contributed by atoms with Crippen molar-refractivity contribution in [3.05, 3.63) is 47.4 Å². The normalized spacial score (nSPS) is 22.0. The molecule has 1 aliphatic rings. The maximum Gasteiger partial charge on any atom is 0.462 e. The van der Waals surface area contributed by atoms with Gasteiger partial charge in [-0.1, -0.05) is 30.3 Å². The van der Waals surface area contributed by atoms with Gasteiger partial charge in [0.2, 0.25) is 0 Å². The van der Waals surface area contributed by atoms with Gasteiger partial charge in [0, 0.05) is 6.32 Å². The van der Waals surface area contributed by atoms with E-state index < -0.39 is 0 Å². The van der Waals surface area contributed by atoms with Gasteiger partial charge in [-0.3, -0.25) is 0 Å². The quantitative estimate of drug-likeness (QED) is 0.381. The first-order chi connectivity index (χ1) is 10.1. The summed E-state index contributed by atoms with van der Waals surface area (Å²) < 4.78 is 17.5. The van der Waals surface area contributed by atoms with Gasteiger partial charge in [-0.15, -0.1) is 0 Å². The molecule has 0 unspecified atom stereocenters.